The number of nitrogens with zero attached hydrogens (tertiary/aromatic N) is 1. The molecule has 0 aromatic carbocycles. The molecule has 17 heavy (non-hydrogen) atoms. The molecule has 0 N–H and O–H groups in total. The van der Waals surface area contributed by atoms with E-state index in [1.54, 1.807) is 6.92 Å². The summed E-state index contributed by atoms with van der Waals surface area (Å²) in [4.78, 5) is 15.5. The summed E-state index contributed by atoms with van der Waals surface area (Å²) in [6.45, 7) is 2.16. The highest BCUT2D eigenvalue weighted by molar-refractivity contribution is 5.88. The lowest BCUT2D eigenvalue weighted by molar-refractivity contribution is 0.0517. The van der Waals surface area contributed by atoms with Gasteiger partial charge in [-0.3, -0.25) is 0 Å². The highest BCUT2D eigenvalue weighted by Gasteiger charge is 2.20. The maximum absolute atomic E-state index is 11.6. The number of hydrogen-bond donors (Lipinski definition) is 0. The molecular weight excluding hydrogens is 218 g/mol. The minimum atomic E-state index is -0.373. The number of hydrogen-bond acceptors (Lipinski definition) is 4. The van der Waals surface area contributed by atoms with Gasteiger partial charge in [-0.2, -0.15) is 0 Å². The highest BCUT2D eigenvalue weighted by Crippen LogP contribution is 2.29. The number of aryl methyl sites for hydroxylation is 1. The van der Waals surface area contributed by atoms with Crippen molar-refractivity contribution in [2.75, 3.05) is 6.61 Å². The molecule has 4 nitrogen and oxygen atoms in total. The minimum Gasteiger partial charge on any atom is -0.461 e. The second-order valence-electron chi connectivity index (χ2n) is 4.53. The van der Waals surface area contributed by atoms with Crippen LogP contribution in [0.3, 0.4) is 0 Å². The van der Waals surface area contributed by atoms with Crippen LogP contribution >= 0.6 is 0 Å². The average molecular weight is 237 g/mol. The van der Waals surface area contributed by atoms with Gasteiger partial charge >= 0.3 is 5.97 Å². The van der Waals surface area contributed by atoms with E-state index in [9.17, 15) is 4.79 Å². The quantitative estimate of drug-likeness (QED) is 0.739. The predicted octanol–water partition coefficient (Wildman–Crippen LogP) is 2.97. The molecule has 4 heteroatoms. The molecule has 0 radical (unpaired) electrons. The smallest absolute Gasteiger partial charge is 0.360 e. The summed E-state index contributed by atoms with van der Waals surface area (Å²) < 4.78 is 10.2. The molecule has 1 fully saturated rings. The van der Waals surface area contributed by atoms with Crippen molar-refractivity contribution in [3.63, 3.8) is 0 Å². The standard InChI is InChI=1S/C13H19NO3/c1-2-16-13(15)12-11(17-9-14-12)8-7-10-5-3-4-6-10/h9-10H,2-8H2,1H3. The van der Waals surface area contributed by atoms with Crippen LogP contribution in [0.15, 0.2) is 10.8 Å². The van der Waals surface area contributed by atoms with Crippen LogP contribution in [-0.4, -0.2) is 17.6 Å². The highest BCUT2D eigenvalue weighted by atomic mass is 16.5. The number of oxazole rings is 1. The molecule has 94 valence electrons. The van der Waals surface area contributed by atoms with Crippen LogP contribution in [0.2, 0.25) is 0 Å². The SMILES string of the molecule is CCOC(=O)c1ncoc1CCC1CCCC1. The Balaban J connectivity index is 1.91. The molecule has 1 aromatic rings. The fourth-order valence-corrected chi connectivity index (χ4v) is 2.45. The Hall–Kier alpha value is -1.32. The number of aromatic nitrogens is 1. The zero-order valence-electron chi connectivity index (χ0n) is 10.3. The summed E-state index contributed by atoms with van der Waals surface area (Å²) in [5.41, 5.74) is 0.352. The van der Waals surface area contributed by atoms with E-state index in [1.165, 1.54) is 32.1 Å². The van der Waals surface area contributed by atoms with E-state index in [2.05, 4.69) is 4.98 Å². The molecule has 0 saturated heterocycles. The molecule has 0 aliphatic heterocycles. The second kappa shape index (κ2) is 5.84. The van der Waals surface area contributed by atoms with Gasteiger partial charge < -0.3 is 9.15 Å². The van der Waals surface area contributed by atoms with E-state index >= 15 is 0 Å². The molecule has 0 spiro atoms. The van der Waals surface area contributed by atoms with Crippen LogP contribution in [0.1, 0.15) is 55.3 Å². The Labute approximate surface area is 101 Å². The van der Waals surface area contributed by atoms with Crippen molar-refractivity contribution in [1.29, 1.82) is 0 Å². The van der Waals surface area contributed by atoms with Crippen molar-refractivity contribution < 1.29 is 13.9 Å². The Morgan fingerprint density at radius 3 is 3.00 bits per heavy atom. The third-order valence-electron chi connectivity index (χ3n) is 3.36. The fraction of sp³-hybridized carbons (Fsp3) is 0.692. The van der Waals surface area contributed by atoms with Crippen LogP contribution in [0.4, 0.5) is 0 Å². The average Bonchev–Trinajstić information content (AvgIpc) is 2.98. The van der Waals surface area contributed by atoms with Gasteiger partial charge in [-0.25, -0.2) is 9.78 Å². The lowest BCUT2D eigenvalue weighted by atomic mass is 10.0. The lowest BCUT2D eigenvalue weighted by Gasteiger charge is -2.07. The van der Waals surface area contributed by atoms with Crippen LogP contribution in [0, 0.1) is 5.92 Å². The van der Waals surface area contributed by atoms with Crippen molar-refractivity contribution in [2.24, 2.45) is 5.92 Å². The minimum absolute atomic E-state index is 0.352. The van der Waals surface area contributed by atoms with Gasteiger partial charge in [-0.15, -0.1) is 0 Å². The molecule has 0 atom stereocenters. The first-order chi connectivity index (χ1) is 8.31. The first kappa shape index (κ1) is 12.1. The predicted molar refractivity (Wildman–Crippen MR) is 62.7 cm³/mol. The van der Waals surface area contributed by atoms with E-state index < -0.39 is 0 Å². The summed E-state index contributed by atoms with van der Waals surface area (Å²) in [7, 11) is 0. The van der Waals surface area contributed by atoms with Crippen LogP contribution in [0.25, 0.3) is 0 Å². The molecule has 0 bridgehead atoms. The van der Waals surface area contributed by atoms with Gasteiger partial charge in [0.25, 0.3) is 0 Å². The van der Waals surface area contributed by atoms with Gasteiger partial charge in [-0.1, -0.05) is 25.7 Å². The van der Waals surface area contributed by atoms with E-state index in [-0.39, 0.29) is 5.97 Å². The first-order valence-corrected chi connectivity index (χ1v) is 6.40. The Bertz CT molecular complexity index is 366. The van der Waals surface area contributed by atoms with Gasteiger partial charge in [-0.05, 0) is 19.3 Å². The summed E-state index contributed by atoms with van der Waals surface area (Å²) in [5, 5.41) is 0. The normalized spacial score (nSPS) is 16.3. The maximum atomic E-state index is 11.6. The van der Waals surface area contributed by atoms with Crippen molar-refractivity contribution in [1.82, 2.24) is 4.98 Å². The third-order valence-corrected chi connectivity index (χ3v) is 3.36. The molecule has 1 aromatic heterocycles. The molecule has 0 unspecified atom stereocenters. The van der Waals surface area contributed by atoms with Gasteiger partial charge in [0.05, 0.1) is 6.61 Å². The Morgan fingerprint density at radius 1 is 1.53 bits per heavy atom. The zero-order valence-corrected chi connectivity index (χ0v) is 10.3. The van der Waals surface area contributed by atoms with E-state index in [4.69, 9.17) is 9.15 Å². The number of ether oxygens (including phenoxy) is 1. The largest absolute Gasteiger partial charge is 0.461 e. The molecule has 0 amide bonds. The van der Waals surface area contributed by atoms with E-state index in [0.29, 0.717) is 18.1 Å². The fourth-order valence-electron chi connectivity index (χ4n) is 2.45. The summed E-state index contributed by atoms with van der Waals surface area (Å²) in [6.07, 6.45) is 8.50. The van der Waals surface area contributed by atoms with E-state index in [0.717, 1.165) is 18.8 Å². The molecule has 1 heterocycles. The summed E-state index contributed by atoms with van der Waals surface area (Å²) in [5.74, 6) is 1.09. The van der Waals surface area contributed by atoms with Gasteiger partial charge in [0, 0.05) is 6.42 Å². The van der Waals surface area contributed by atoms with E-state index in [1.807, 2.05) is 0 Å². The van der Waals surface area contributed by atoms with Crippen molar-refractivity contribution in [3.05, 3.63) is 17.8 Å². The number of carbonyl (C=O) groups is 1. The zero-order chi connectivity index (χ0) is 12.1. The van der Waals surface area contributed by atoms with Crippen LogP contribution < -0.4 is 0 Å². The molecule has 2 rings (SSSR count). The molecular formula is C13H19NO3. The number of carbonyl (C=O) groups excluding carboxylic acids is 1. The third kappa shape index (κ3) is 3.08. The van der Waals surface area contributed by atoms with Gasteiger partial charge in [0.15, 0.2) is 12.1 Å². The number of rotatable bonds is 5. The Kier molecular flexibility index (Phi) is 4.18. The molecule has 1 aliphatic carbocycles. The molecule has 1 saturated carbocycles. The number of esters is 1. The van der Waals surface area contributed by atoms with Gasteiger partial charge in [0.2, 0.25) is 0 Å². The molecule has 1 aliphatic rings. The second-order valence-corrected chi connectivity index (χ2v) is 4.53. The van der Waals surface area contributed by atoms with Crippen LogP contribution in [-0.2, 0) is 11.2 Å². The van der Waals surface area contributed by atoms with Crippen molar-refractivity contribution in [2.45, 2.75) is 45.4 Å². The van der Waals surface area contributed by atoms with Crippen LogP contribution in [0.5, 0.6) is 0 Å². The Morgan fingerprint density at radius 2 is 2.29 bits per heavy atom. The monoisotopic (exact) mass is 237 g/mol. The van der Waals surface area contributed by atoms with Gasteiger partial charge in [0.1, 0.15) is 5.76 Å². The topological polar surface area (TPSA) is 52.3 Å². The van der Waals surface area contributed by atoms with Crippen molar-refractivity contribution >= 4 is 5.97 Å². The first-order valence-electron chi connectivity index (χ1n) is 6.40. The lowest BCUT2D eigenvalue weighted by Crippen LogP contribution is -2.08. The summed E-state index contributed by atoms with van der Waals surface area (Å²) in [6, 6.07) is 0. The van der Waals surface area contributed by atoms with Crippen molar-refractivity contribution in [3.8, 4) is 0 Å². The summed E-state index contributed by atoms with van der Waals surface area (Å²) >= 11 is 0. The maximum Gasteiger partial charge on any atom is 0.360 e.